The molecule has 0 aromatic heterocycles. The third-order valence-corrected chi connectivity index (χ3v) is 3.38. The zero-order chi connectivity index (χ0) is 8.32. The van der Waals surface area contributed by atoms with Gasteiger partial charge in [0.15, 0.2) is 0 Å². The maximum Gasteiger partial charge on any atom is 0.0615 e. The van der Waals surface area contributed by atoms with Crippen LogP contribution in [0.4, 0.5) is 0 Å². The maximum atomic E-state index is 5.96. The molecule has 2 heteroatoms. The molecule has 2 unspecified atom stereocenters. The van der Waals surface area contributed by atoms with Crippen molar-refractivity contribution in [1.29, 1.82) is 0 Å². The molecule has 0 spiro atoms. The lowest BCUT2D eigenvalue weighted by Crippen LogP contribution is -2.30. The van der Waals surface area contributed by atoms with E-state index in [0.29, 0.717) is 6.10 Å². The molecular weight excluding hydrogens is 160 g/mol. The van der Waals surface area contributed by atoms with Crippen LogP contribution in [-0.4, -0.2) is 18.6 Å². The topological polar surface area (TPSA) is 9.23 Å². The van der Waals surface area contributed by atoms with E-state index in [-0.39, 0.29) is 5.41 Å². The largest absolute Gasteiger partial charge is 0.378 e. The van der Waals surface area contributed by atoms with Gasteiger partial charge in [-0.15, -0.1) is 11.6 Å². The van der Waals surface area contributed by atoms with E-state index in [9.17, 15) is 0 Å². The van der Waals surface area contributed by atoms with Gasteiger partial charge in [-0.25, -0.2) is 0 Å². The second-order valence-electron chi connectivity index (χ2n) is 3.51. The molecule has 1 fully saturated rings. The number of ether oxygens (including phenoxy) is 1. The Bertz CT molecular complexity index is 127. The van der Waals surface area contributed by atoms with Gasteiger partial charge in [0.2, 0.25) is 0 Å². The number of alkyl halides is 1. The fourth-order valence-corrected chi connectivity index (χ4v) is 2.37. The first-order chi connectivity index (χ1) is 5.25. The average Bonchev–Trinajstić information content (AvgIpc) is 2.35. The highest BCUT2D eigenvalue weighted by molar-refractivity contribution is 6.18. The van der Waals surface area contributed by atoms with Crippen molar-refractivity contribution in [3.63, 3.8) is 0 Å². The third-order valence-electron chi connectivity index (χ3n) is 2.84. The first kappa shape index (κ1) is 9.34. The minimum Gasteiger partial charge on any atom is -0.378 e. The van der Waals surface area contributed by atoms with E-state index in [1.165, 1.54) is 12.8 Å². The van der Waals surface area contributed by atoms with Gasteiger partial charge in [0.05, 0.1) is 6.10 Å². The molecular formula is C9H17ClO. The van der Waals surface area contributed by atoms with Crippen molar-refractivity contribution in [2.45, 2.75) is 39.2 Å². The van der Waals surface area contributed by atoms with Crippen LogP contribution in [0.1, 0.15) is 33.1 Å². The Morgan fingerprint density at radius 1 is 1.64 bits per heavy atom. The second kappa shape index (κ2) is 3.77. The van der Waals surface area contributed by atoms with Crippen molar-refractivity contribution in [2.75, 3.05) is 12.5 Å². The van der Waals surface area contributed by atoms with Crippen LogP contribution < -0.4 is 0 Å². The zero-order valence-electron chi connectivity index (χ0n) is 7.40. The molecule has 1 rings (SSSR count). The molecule has 0 amide bonds. The van der Waals surface area contributed by atoms with Gasteiger partial charge in [-0.2, -0.15) is 0 Å². The predicted octanol–water partition coefficient (Wildman–Crippen LogP) is 2.82. The molecule has 1 nitrogen and oxygen atoms in total. The lowest BCUT2D eigenvalue weighted by Gasteiger charge is -2.29. The summed E-state index contributed by atoms with van der Waals surface area (Å²) in [5.74, 6) is 0.752. The fourth-order valence-electron chi connectivity index (χ4n) is 1.89. The van der Waals surface area contributed by atoms with Crippen LogP contribution in [0.3, 0.4) is 0 Å². The van der Waals surface area contributed by atoms with Gasteiger partial charge >= 0.3 is 0 Å². The van der Waals surface area contributed by atoms with Crippen LogP contribution in [0.15, 0.2) is 0 Å². The van der Waals surface area contributed by atoms with E-state index in [2.05, 4.69) is 13.8 Å². The van der Waals surface area contributed by atoms with E-state index in [1.807, 2.05) is 0 Å². The quantitative estimate of drug-likeness (QED) is 0.601. The SMILES string of the molecule is CCCC1(CCl)CCOC1C. The smallest absolute Gasteiger partial charge is 0.0615 e. The molecule has 11 heavy (non-hydrogen) atoms. The van der Waals surface area contributed by atoms with Crippen LogP contribution in [0.5, 0.6) is 0 Å². The lowest BCUT2D eigenvalue weighted by molar-refractivity contribution is 0.0692. The molecule has 0 aliphatic carbocycles. The summed E-state index contributed by atoms with van der Waals surface area (Å²) in [6.45, 7) is 5.25. The van der Waals surface area contributed by atoms with Gasteiger partial charge in [-0.1, -0.05) is 13.3 Å². The highest BCUT2D eigenvalue weighted by atomic mass is 35.5. The highest BCUT2D eigenvalue weighted by Crippen LogP contribution is 2.40. The van der Waals surface area contributed by atoms with Gasteiger partial charge in [-0.05, 0) is 19.8 Å². The first-order valence-corrected chi connectivity index (χ1v) is 4.96. The summed E-state index contributed by atoms with van der Waals surface area (Å²) in [4.78, 5) is 0. The van der Waals surface area contributed by atoms with Crippen molar-refractivity contribution in [3.05, 3.63) is 0 Å². The molecule has 0 radical (unpaired) electrons. The minimum absolute atomic E-state index is 0.288. The fraction of sp³-hybridized carbons (Fsp3) is 1.00. The predicted molar refractivity (Wildman–Crippen MR) is 48.1 cm³/mol. The van der Waals surface area contributed by atoms with E-state index in [0.717, 1.165) is 18.9 Å². The molecule has 0 aromatic rings. The molecule has 0 aromatic carbocycles. The van der Waals surface area contributed by atoms with Crippen LogP contribution in [-0.2, 0) is 4.74 Å². The van der Waals surface area contributed by atoms with E-state index >= 15 is 0 Å². The van der Waals surface area contributed by atoms with Crippen molar-refractivity contribution >= 4 is 11.6 Å². The number of hydrogen-bond donors (Lipinski definition) is 0. The van der Waals surface area contributed by atoms with Crippen LogP contribution >= 0.6 is 11.6 Å². The molecule has 1 saturated heterocycles. The molecule has 66 valence electrons. The van der Waals surface area contributed by atoms with Gasteiger partial charge in [0, 0.05) is 17.9 Å². The second-order valence-corrected chi connectivity index (χ2v) is 3.78. The molecule has 0 N–H and O–H groups in total. The van der Waals surface area contributed by atoms with Crippen LogP contribution in [0.25, 0.3) is 0 Å². The Hall–Kier alpha value is 0.250. The summed E-state index contributed by atoms with van der Waals surface area (Å²) in [6, 6.07) is 0. The molecule has 0 bridgehead atoms. The summed E-state index contributed by atoms with van der Waals surface area (Å²) >= 11 is 5.96. The average molecular weight is 177 g/mol. The van der Waals surface area contributed by atoms with Crippen LogP contribution in [0, 0.1) is 5.41 Å². The maximum absolute atomic E-state index is 5.96. The standard InChI is InChI=1S/C9H17ClO/c1-3-4-9(7-10)5-6-11-8(9)2/h8H,3-7H2,1-2H3. The van der Waals surface area contributed by atoms with E-state index < -0.39 is 0 Å². The van der Waals surface area contributed by atoms with Crippen molar-refractivity contribution < 1.29 is 4.74 Å². The Morgan fingerprint density at radius 2 is 2.36 bits per heavy atom. The number of rotatable bonds is 3. The molecule has 1 heterocycles. The van der Waals surface area contributed by atoms with Crippen molar-refractivity contribution in [2.24, 2.45) is 5.41 Å². The first-order valence-electron chi connectivity index (χ1n) is 4.43. The van der Waals surface area contributed by atoms with Gasteiger partial charge in [0.1, 0.15) is 0 Å². The Kier molecular flexibility index (Phi) is 3.20. The highest BCUT2D eigenvalue weighted by Gasteiger charge is 2.39. The number of halogens is 1. The third kappa shape index (κ3) is 1.70. The zero-order valence-corrected chi connectivity index (χ0v) is 8.16. The van der Waals surface area contributed by atoms with Crippen LogP contribution in [0.2, 0.25) is 0 Å². The Morgan fingerprint density at radius 3 is 2.73 bits per heavy atom. The molecule has 0 saturated carbocycles. The summed E-state index contributed by atoms with van der Waals surface area (Å²) in [6.07, 6.45) is 3.92. The van der Waals surface area contributed by atoms with Crippen molar-refractivity contribution in [3.8, 4) is 0 Å². The van der Waals surface area contributed by atoms with E-state index in [4.69, 9.17) is 16.3 Å². The number of hydrogen-bond acceptors (Lipinski definition) is 1. The summed E-state index contributed by atoms with van der Waals surface area (Å²) in [5, 5.41) is 0. The normalized spacial score (nSPS) is 37.9. The summed E-state index contributed by atoms with van der Waals surface area (Å²) < 4.78 is 5.53. The molecule has 1 aliphatic rings. The molecule has 1 aliphatic heterocycles. The Balaban J connectivity index is 2.57. The van der Waals surface area contributed by atoms with E-state index in [1.54, 1.807) is 0 Å². The monoisotopic (exact) mass is 176 g/mol. The lowest BCUT2D eigenvalue weighted by atomic mass is 9.80. The minimum atomic E-state index is 0.288. The summed E-state index contributed by atoms with van der Waals surface area (Å²) in [5.41, 5.74) is 0.288. The Labute approximate surface area is 74.1 Å². The summed E-state index contributed by atoms with van der Waals surface area (Å²) in [7, 11) is 0. The molecule has 2 atom stereocenters. The van der Waals surface area contributed by atoms with Crippen molar-refractivity contribution in [1.82, 2.24) is 0 Å². The van der Waals surface area contributed by atoms with Gasteiger partial charge in [0.25, 0.3) is 0 Å². The van der Waals surface area contributed by atoms with Gasteiger partial charge in [-0.3, -0.25) is 0 Å². The van der Waals surface area contributed by atoms with Gasteiger partial charge < -0.3 is 4.74 Å².